The largest absolute Gasteiger partial charge is 0.368 e. The first-order valence-electron chi connectivity index (χ1n) is 11.5. The molecule has 0 bridgehead atoms. The van der Waals surface area contributed by atoms with Crippen LogP contribution in [-0.2, 0) is 12.8 Å². The molecule has 1 amide bonds. The number of piperazine rings is 1. The van der Waals surface area contributed by atoms with Crippen molar-refractivity contribution in [3.8, 4) is 5.69 Å². The minimum atomic E-state index is 0.138. The van der Waals surface area contributed by atoms with Gasteiger partial charge in [-0.3, -0.25) is 4.79 Å². The Morgan fingerprint density at radius 1 is 0.903 bits per heavy atom. The van der Waals surface area contributed by atoms with Crippen LogP contribution >= 0.6 is 0 Å². The van der Waals surface area contributed by atoms with Crippen LogP contribution in [0.3, 0.4) is 0 Å². The van der Waals surface area contributed by atoms with E-state index < -0.39 is 0 Å². The Morgan fingerprint density at radius 2 is 1.61 bits per heavy atom. The lowest BCUT2D eigenvalue weighted by Gasteiger charge is -2.36. The summed E-state index contributed by atoms with van der Waals surface area (Å²) in [7, 11) is 0. The van der Waals surface area contributed by atoms with Crippen molar-refractivity contribution in [2.75, 3.05) is 31.1 Å². The van der Waals surface area contributed by atoms with Crippen molar-refractivity contribution >= 4 is 11.6 Å². The second-order valence-corrected chi connectivity index (χ2v) is 9.10. The Kier molecular flexibility index (Phi) is 5.31. The highest BCUT2D eigenvalue weighted by Gasteiger charge is 2.24. The molecule has 4 nitrogen and oxygen atoms in total. The number of carbonyl (C=O) groups is 1. The van der Waals surface area contributed by atoms with Crippen molar-refractivity contribution in [3.05, 3.63) is 83.2 Å². The van der Waals surface area contributed by atoms with Crippen molar-refractivity contribution in [2.24, 2.45) is 5.92 Å². The average Bonchev–Trinajstić information content (AvgIpc) is 3.14. The van der Waals surface area contributed by atoms with Crippen LogP contribution in [0.4, 0.5) is 5.69 Å². The summed E-state index contributed by atoms with van der Waals surface area (Å²) in [5, 5.41) is 0. The summed E-state index contributed by atoms with van der Waals surface area (Å²) >= 11 is 0. The zero-order chi connectivity index (χ0) is 21.4. The molecule has 1 atom stereocenters. The number of aromatic nitrogens is 1. The van der Waals surface area contributed by atoms with E-state index >= 15 is 0 Å². The average molecular weight is 414 g/mol. The molecule has 1 aromatic heterocycles. The molecule has 3 aromatic rings. The van der Waals surface area contributed by atoms with Crippen molar-refractivity contribution in [1.29, 1.82) is 0 Å². The van der Waals surface area contributed by atoms with Gasteiger partial charge in [0, 0.05) is 54.5 Å². The maximum atomic E-state index is 13.1. The Labute approximate surface area is 185 Å². The van der Waals surface area contributed by atoms with Gasteiger partial charge in [-0.2, -0.15) is 0 Å². The van der Waals surface area contributed by atoms with Crippen LogP contribution in [0.5, 0.6) is 0 Å². The number of nitrogens with zero attached hydrogens (tertiary/aromatic N) is 3. The Hall–Kier alpha value is -3.01. The Bertz CT molecular complexity index is 1060. The number of benzene rings is 2. The number of para-hydroxylation sites is 1. The van der Waals surface area contributed by atoms with E-state index in [1.165, 1.54) is 41.2 Å². The number of hydrogen-bond donors (Lipinski definition) is 0. The predicted molar refractivity (Wildman–Crippen MR) is 126 cm³/mol. The van der Waals surface area contributed by atoms with Crippen molar-refractivity contribution in [2.45, 2.75) is 33.1 Å². The lowest BCUT2D eigenvalue weighted by molar-refractivity contribution is 0.0747. The Balaban J connectivity index is 1.28. The van der Waals surface area contributed by atoms with Crippen LogP contribution in [0, 0.1) is 12.8 Å². The van der Waals surface area contributed by atoms with E-state index in [-0.39, 0.29) is 5.91 Å². The molecule has 160 valence electrons. The first-order valence-corrected chi connectivity index (χ1v) is 11.5. The summed E-state index contributed by atoms with van der Waals surface area (Å²) in [6.45, 7) is 7.81. The molecule has 1 unspecified atom stereocenters. The van der Waals surface area contributed by atoms with Gasteiger partial charge in [0.2, 0.25) is 0 Å². The van der Waals surface area contributed by atoms with E-state index in [1.54, 1.807) is 0 Å². The molecule has 1 saturated heterocycles. The fraction of sp³-hybridized carbons (Fsp3) is 0.370. The lowest BCUT2D eigenvalue weighted by Crippen LogP contribution is -2.48. The number of fused-ring (bicyclic) bond motifs is 1. The van der Waals surface area contributed by atoms with E-state index in [0.717, 1.165) is 44.1 Å². The zero-order valence-electron chi connectivity index (χ0n) is 18.6. The molecule has 2 aliphatic rings. The van der Waals surface area contributed by atoms with Gasteiger partial charge in [-0.25, -0.2) is 0 Å². The summed E-state index contributed by atoms with van der Waals surface area (Å²) < 4.78 is 2.38. The number of anilines is 1. The van der Waals surface area contributed by atoms with Crippen molar-refractivity contribution in [3.63, 3.8) is 0 Å². The molecular formula is C27H31N3O. The standard InChI is InChI=1S/C27H31N3O/c1-20-8-13-26-23(18-20)19-21(2)30(26)25-11-9-22(10-12-25)27(31)29-16-14-28(15-17-29)24-6-4-3-5-7-24/h3-7,9-12,19-20H,8,13-18H2,1-2H3. The highest BCUT2D eigenvalue weighted by atomic mass is 16.2. The third kappa shape index (κ3) is 3.87. The van der Waals surface area contributed by atoms with Gasteiger partial charge in [-0.05, 0) is 80.1 Å². The monoisotopic (exact) mass is 413 g/mol. The maximum absolute atomic E-state index is 13.1. The van der Waals surface area contributed by atoms with E-state index in [2.05, 4.69) is 65.8 Å². The molecule has 1 aliphatic carbocycles. The van der Waals surface area contributed by atoms with Gasteiger partial charge in [-0.1, -0.05) is 25.1 Å². The van der Waals surface area contributed by atoms with E-state index in [4.69, 9.17) is 0 Å². The smallest absolute Gasteiger partial charge is 0.253 e. The van der Waals surface area contributed by atoms with Crippen LogP contribution in [0.1, 0.15) is 40.7 Å². The van der Waals surface area contributed by atoms with Gasteiger partial charge in [0.25, 0.3) is 5.91 Å². The molecule has 5 rings (SSSR count). The molecular weight excluding hydrogens is 382 g/mol. The third-order valence-electron chi connectivity index (χ3n) is 6.88. The summed E-state index contributed by atoms with van der Waals surface area (Å²) in [4.78, 5) is 17.4. The summed E-state index contributed by atoms with van der Waals surface area (Å²) in [6.07, 6.45) is 3.56. The normalized spacial score (nSPS) is 18.7. The predicted octanol–water partition coefficient (Wildman–Crippen LogP) is 4.87. The molecule has 0 saturated carbocycles. The Morgan fingerprint density at radius 3 is 2.32 bits per heavy atom. The second kappa shape index (κ2) is 8.26. The van der Waals surface area contributed by atoms with E-state index in [1.807, 2.05) is 23.1 Å². The number of rotatable bonds is 3. The van der Waals surface area contributed by atoms with Gasteiger partial charge in [-0.15, -0.1) is 0 Å². The SMILES string of the molecule is Cc1cc2c(n1-c1ccc(C(=O)N3CCN(c4ccccc4)CC3)cc1)CCC(C)C2. The fourth-order valence-electron chi connectivity index (χ4n) is 5.17. The molecule has 0 N–H and O–H groups in total. The quantitative estimate of drug-likeness (QED) is 0.613. The summed E-state index contributed by atoms with van der Waals surface area (Å²) in [5.74, 6) is 0.907. The lowest BCUT2D eigenvalue weighted by atomic mass is 9.89. The first-order chi connectivity index (χ1) is 15.1. The van der Waals surface area contributed by atoms with Gasteiger partial charge < -0.3 is 14.4 Å². The summed E-state index contributed by atoms with van der Waals surface area (Å²) in [6, 6.07) is 21.0. The number of hydrogen-bond acceptors (Lipinski definition) is 2. The van der Waals surface area contributed by atoms with Crippen LogP contribution in [-0.4, -0.2) is 41.6 Å². The molecule has 1 fully saturated rings. The molecule has 2 heterocycles. The van der Waals surface area contributed by atoms with Crippen LogP contribution in [0.25, 0.3) is 5.69 Å². The topological polar surface area (TPSA) is 28.5 Å². The molecule has 31 heavy (non-hydrogen) atoms. The first kappa shape index (κ1) is 19.9. The fourth-order valence-corrected chi connectivity index (χ4v) is 5.17. The third-order valence-corrected chi connectivity index (χ3v) is 6.88. The molecule has 4 heteroatoms. The highest BCUT2D eigenvalue weighted by molar-refractivity contribution is 5.94. The number of aryl methyl sites for hydroxylation is 1. The summed E-state index contributed by atoms with van der Waals surface area (Å²) in [5.41, 5.74) is 7.41. The maximum Gasteiger partial charge on any atom is 0.253 e. The van der Waals surface area contributed by atoms with E-state index in [9.17, 15) is 4.79 Å². The minimum Gasteiger partial charge on any atom is -0.368 e. The highest BCUT2D eigenvalue weighted by Crippen LogP contribution is 2.30. The number of carbonyl (C=O) groups excluding carboxylic acids is 1. The van der Waals surface area contributed by atoms with Crippen molar-refractivity contribution < 1.29 is 4.79 Å². The van der Waals surface area contributed by atoms with Gasteiger partial charge in [0.1, 0.15) is 0 Å². The second-order valence-electron chi connectivity index (χ2n) is 9.10. The minimum absolute atomic E-state index is 0.138. The van der Waals surface area contributed by atoms with Gasteiger partial charge >= 0.3 is 0 Å². The molecule has 0 radical (unpaired) electrons. The number of amides is 1. The van der Waals surface area contributed by atoms with Crippen molar-refractivity contribution in [1.82, 2.24) is 9.47 Å². The molecule has 1 aliphatic heterocycles. The van der Waals surface area contributed by atoms with E-state index in [0.29, 0.717) is 0 Å². The van der Waals surface area contributed by atoms with Crippen LogP contribution in [0.15, 0.2) is 60.7 Å². The molecule has 2 aromatic carbocycles. The van der Waals surface area contributed by atoms with Crippen LogP contribution in [0.2, 0.25) is 0 Å². The van der Waals surface area contributed by atoms with Gasteiger partial charge in [0.15, 0.2) is 0 Å². The van der Waals surface area contributed by atoms with Gasteiger partial charge in [0.05, 0.1) is 0 Å². The zero-order valence-corrected chi connectivity index (χ0v) is 18.6. The van der Waals surface area contributed by atoms with Crippen LogP contribution < -0.4 is 4.90 Å². The molecule has 0 spiro atoms.